The standard InChI is InChI=1S/C17H23F3N2.2ClH/c18-13-6-7-14(19)16(20)15(13)17(12-4-2-1-3-5-12)22-10-8-21-9-11-22;;/h6-7,12,17,21H,1-5,8-11H2;2*1H/t17-;;/m0../s1. The van der Waals surface area contributed by atoms with Crippen LogP contribution in [0.1, 0.15) is 43.7 Å². The first-order valence-corrected chi connectivity index (χ1v) is 8.26. The van der Waals surface area contributed by atoms with E-state index >= 15 is 0 Å². The number of nitrogens with zero attached hydrogens (tertiary/aromatic N) is 1. The number of piperazine rings is 1. The summed E-state index contributed by atoms with van der Waals surface area (Å²) in [6.45, 7) is 3.11. The van der Waals surface area contributed by atoms with Crippen molar-refractivity contribution in [2.45, 2.75) is 38.1 Å². The minimum absolute atomic E-state index is 0. The smallest absolute Gasteiger partial charge is 0.166 e. The molecule has 0 bridgehead atoms. The van der Waals surface area contributed by atoms with E-state index in [1.165, 1.54) is 6.42 Å². The lowest BCUT2D eigenvalue weighted by Gasteiger charge is -2.41. The van der Waals surface area contributed by atoms with Crippen LogP contribution in [0.25, 0.3) is 0 Å². The first kappa shape index (κ1) is 21.6. The SMILES string of the molecule is Cl.Cl.Fc1ccc(F)c([C@H](C2CCCCC2)N2CCNCC2)c1F. The molecule has 0 amide bonds. The predicted molar refractivity (Wildman–Crippen MR) is 94.6 cm³/mol. The lowest BCUT2D eigenvalue weighted by molar-refractivity contribution is 0.0970. The molecular weight excluding hydrogens is 360 g/mol. The van der Waals surface area contributed by atoms with Gasteiger partial charge in [-0.3, -0.25) is 4.90 Å². The molecule has 2 fully saturated rings. The van der Waals surface area contributed by atoms with Crippen molar-refractivity contribution in [1.29, 1.82) is 0 Å². The van der Waals surface area contributed by atoms with Gasteiger partial charge in [0.2, 0.25) is 0 Å². The van der Waals surface area contributed by atoms with Crippen molar-refractivity contribution in [2.24, 2.45) is 5.92 Å². The average molecular weight is 385 g/mol. The summed E-state index contributed by atoms with van der Waals surface area (Å²) < 4.78 is 42.4. The molecule has 2 aliphatic rings. The zero-order valence-electron chi connectivity index (χ0n) is 13.6. The summed E-state index contributed by atoms with van der Waals surface area (Å²) >= 11 is 0. The van der Waals surface area contributed by atoms with Crippen molar-refractivity contribution in [1.82, 2.24) is 10.2 Å². The van der Waals surface area contributed by atoms with Crippen molar-refractivity contribution >= 4 is 24.8 Å². The number of rotatable bonds is 3. The molecule has 1 aliphatic heterocycles. The molecule has 1 atom stereocenters. The highest BCUT2D eigenvalue weighted by Crippen LogP contribution is 2.40. The Morgan fingerprint density at radius 1 is 0.917 bits per heavy atom. The fourth-order valence-electron chi connectivity index (χ4n) is 3.94. The van der Waals surface area contributed by atoms with Gasteiger partial charge in [0.1, 0.15) is 5.82 Å². The van der Waals surface area contributed by atoms with Gasteiger partial charge in [-0.1, -0.05) is 19.3 Å². The summed E-state index contributed by atoms with van der Waals surface area (Å²) in [6.07, 6.45) is 5.28. The molecule has 3 rings (SSSR count). The maximum atomic E-state index is 14.4. The van der Waals surface area contributed by atoms with E-state index < -0.39 is 17.5 Å². The Morgan fingerprint density at radius 3 is 2.12 bits per heavy atom. The highest BCUT2D eigenvalue weighted by atomic mass is 35.5. The van der Waals surface area contributed by atoms with E-state index in [2.05, 4.69) is 10.2 Å². The first-order valence-electron chi connectivity index (χ1n) is 8.26. The van der Waals surface area contributed by atoms with Crippen LogP contribution in [0.3, 0.4) is 0 Å². The molecule has 1 saturated heterocycles. The molecule has 1 saturated carbocycles. The fraction of sp³-hybridized carbons (Fsp3) is 0.647. The monoisotopic (exact) mass is 384 g/mol. The largest absolute Gasteiger partial charge is 0.314 e. The topological polar surface area (TPSA) is 15.3 Å². The van der Waals surface area contributed by atoms with Crippen LogP contribution in [0.2, 0.25) is 0 Å². The second-order valence-corrected chi connectivity index (χ2v) is 6.39. The third-order valence-corrected chi connectivity index (χ3v) is 5.02. The molecule has 1 N–H and O–H groups in total. The maximum absolute atomic E-state index is 14.4. The van der Waals surface area contributed by atoms with Crippen molar-refractivity contribution in [3.05, 3.63) is 35.1 Å². The van der Waals surface area contributed by atoms with Gasteiger partial charge in [-0.15, -0.1) is 24.8 Å². The normalized spacial score (nSPS) is 20.8. The summed E-state index contributed by atoms with van der Waals surface area (Å²) in [5.41, 5.74) is -0.0613. The summed E-state index contributed by atoms with van der Waals surface area (Å²) in [5, 5.41) is 3.26. The number of hydrogen-bond donors (Lipinski definition) is 1. The minimum Gasteiger partial charge on any atom is -0.314 e. The van der Waals surface area contributed by atoms with Crippen molar-refractivity contribution in [3.63, 3.8) is 0 Å². The number of benzene rings is 1. The van der Waals surface area contributed by atoms with Crippen LogP contribution < -0.4 is 5.32 Å². The third kappa shape index (κ3) is 4.57. The molecule has 0 spiro atoms. The van der Waals surface area contributed by atoms with Crippen LogP contribution in [0.5, 0.6) is 0 Å². The lowest BCUT2D eigenvalue weighted by Crippen LogP contribution is -2.47. The third-order valence-electron chi connectivity index (χ3n) is 5.02. The van der Waals surface area contributed by atoms with Crippen LogP contribution in [0.4, 0.5) is 13.2 Å². The van der Waals surface area contributed by atoms with Crippen LogP contribution in [0, 0.1) is 23.4 Å². The van der Waals surface area contributed by atoms with Gasteiger partial charge in [0.25, 0.3) is 0 Å². The molecule has 24 heavy (non-hydrogen) atoms. The fourth-order valence-corrected chi connectivity index (χ4v) is 3.94. The number of hydrogen-bond acceptors (Lipinski definition) is 2. The summed E-state index contributed by atoms with van der Waals surface area (Å²) in [7, 11) is 0. The number of nitrogens with one attached hydrogen (secondary N) is 1. The zero-order chi connectivity index (χ0) is 15.5. The van der Waals surface area contributed by atoms with Gasteiger partial charge < -0.3 is 5.32 Å². The molecule has 138 valence electrons. The van der Waals surface area contributed by atoms with E-state index in [1.54, 1.807) is 0 Å². The quantitative estimate of drug-likeness (QED) is 0.773. The highest BCUT2D eigenvalue weighted by Gasteiger charge is 2.35. The van der Waals surface area contributed by atoms with Crippen LogP contribution in [-0.2, 0) is 0 Å². The second-order valence-electron chi connectivity index (χ2n) is 6.39. The van der Waals surface area contributed by atoms with Crippen LogP contribution in [-0.4, -0.2) is 31.1 Å². The molecule has 2 nitrogen and oxygen atoms in total. The second kappa shape index (κ2) is 9.85. The van der Waals surface area contributed by atoms with Gasteiger partial charge in [-0.25, -0.2) is 13.2 Å². The van der Waals surface area contributed by atoms with E-state index in [9.17, 15) is 13.2 Å². The van der Waals surface area contributed by atoms with Gasteiger partial charge in [-0.05, 0) is 30.9 Å². The highest BCUT2D eigenvalue weighted by molar-refractivity contribution is 5.85. The van der Waals surface area contributed by atoms with E-state index in [0.717, 1.165) is 64.0 Å². The summed E-state index contributed by atoms with van der Waals surface area (Å²) in [5.74, 6) is -2.37. The Kier molecular flexibility index (Phi) is 8.85. The van der Waals surface area contributed by atoms with Gasteiger partial charge in [0.05, 0.1) is 0 Å². The summed E-state index contributed by atoms with van der Waals surface area (Å²) in [4.78, 5) is 2.13. The van der Waals surface area contributed by atoms with Crippen molar-refractivity contribution in [3.8, 4) is 0 Å². The maximum Gasteiger partial charge on any atom is 0.166 e. The Hall–Kier alpha value is -0.490. The molecule has 1 aliphatic carbocycles. The predicted octanol–water partition coefficient (Wildman–Crippen LogP) is 4.47. The molecule has 0 aromatic heterocycles. The molecule has 0 unspecified atom stereocenters. The Morgan fingerprint density at radius 2 is 1.50 bits per heavy atom. The van der Waals surface area contributed by atoms with Crippen molar-refractivity contribution in [2.75, 3.05) is 26.2 Å². The van der Waals surface area contributed by atoms with Crippen LogP contribution >= 0.6 is 24.8 Å². The molecule has 1 aromatic carbocycles. The van der Waals surface area contributed by atoms with Gasteiger partial charge in [-0.2, -0.15) is 0 Å². The first-order chi connectivity index (χ1) is 10.7. The van der Waals surface area contributed by atoms with Gasteiger partial charge >= 0.3 is 0 Å². The van der Waals surface area contributed by atoms with Gasteiger partial charge in [0, 0.05) is 37.8 Å². The number of halogens is 5. The Labute approximate surface area is 154 Å². The van der Waals surface area contributed by atoms with E-state index in [0.29, 0.717) is 0 Å². The molecule has 0 radical (unpaired) electrons. The van der Waals surface area contributed by atoms with E-state index in [4.69, 9.17) is 0 Å². The summed E-state index contributed by atoms with van der Waals surface area (Å²) in [6, 6.07) is 1.59. The Balaban J connectivity index is 0.00000144. The van der Waals surface area contributed by atoms with Crippen molar-refractivity contribution < 1.29 is 13.2 Å². The molecule has 1 aromatic rings. The van der Waals surface area contributed by atoms with E-state index in [1.807, 2.05) is 0 Å². The minimum atomic E-state index is -1.01. The lowest BCUT2D eigenvalue weighted by atomic mass is 9.79. The van der Waals surface area contributed by atoms with Crippen LogP contribution in [0.15, 0.2) is 12.1 Å². The molecule has 1 heterocycles. The molecular formula is C17H25Cl2F3N2. The molecule has 7 heteroatoms. The van der Waals surface area contributed by atoms with E-state index in [-0.39, 0.29) is 42.3 Å². The van der Waals surface area contributed by atoms with Gasteiger partial charge in [0.15, 0.2) is 11.6 Å². The average Bonchev–Trinajstić information content (AvgIpc) is 2.57. The Bertz CT molecular complexity index is 501. The zero-order valence-corrected chi connectivity index (χ0v) is 15.2.